The number of carbonyl (C=O) groups excluding carboxylic acids is 2. The summed E-state index contributed by atoms with van der Waals surface area (Å²) in [6.45, 7) is 3.56. The molecule has 4 rings (SSSR count). The van der Waals surface area contributed by atoms with Crippen LogP contribution in [0.4, 0.5) is 5.69 Å². The molecule has 218 valence electrons. The van der Waals surface area contributed by atoms with E-state index in [0.717, 1.165) is 35.6 Å². The fraction of sp³-hybridized carbons (Fsp3) is 0.355. The minimum absolute atomic E-state index is 0.0510. The summed E-state index contributed by atoms with van der Waals surface area (Å²) >= 11 is 6.21. The number of carbonyl (C=O) groups is 2. The van der Waals surface area contributed by atoms with Crippen LogP contribution in [-0.4, -0.2) is 50.4 Å². The molecule has 1 saturated carbocycles. The zero-order chi connectivity index (χ0) is 29.4. The highest BCUT2D eigenvalue weighted by Crippen LogP contribution is 2.27. The van der Waals surface area contributed by atoms with Gasteiger partial charge in [0.05, 0.1) is 17.2 Å². The second kappa shape index (κ2) is 13.9. The van der Waals surface area contributed by atoms with Gasteiger partial charge in [0.25, 0.3) is 10.0 Å². The normalized spacial score (nSPS) is 14.3. The molecule has 41 heavy (non-hydrogen) atoms. The first-order valence-corrected chi connectivity index (χ1v) is 15.7. The number of benzene rings is 3. The van der Waals surface area contributed by atoms with Crippen molar-refractivity contribution in [3.05, 3.63) is 89.4 Å². The molecule has 1 N–H and O–H groups in total. The van der Waals surface area contributed by atoms with Gasteiger partial charge in [0.1, 0.15) is 18.3 Å². The molecule has 2 amide bonds. The quantitative estimate of drug-likeness (QED) is 0.301. The molecule has 0 saturated heterocycles. The van der Waals surface area contributed by atoms with Gasteiger partial charge < -0.3 is 15.0 Å². The highest BCUT2D eigenvalue weighted by molar-refractivity contribution is 7.92. The lowest BCUT2D eigenvalue weighted by Crippen LogP contribution is -2.52. The van der Waals surface area contributed by atoms with E-state index in [-0.39, 0.29) is 23.4 Å². The second-order valence-corrected chi connectivity index (χ2v) is 12.4. The van der Waals surface area contributed by atoms with Crippen LogP contribution in [0.3, 0.4) is 0 Å². The van der Waals surface area contributed by atoms with Crippen molar-refractivity contribution in [2.45, 2.75) is 63.1 Å². The van der Waals surface area contributed by atoms with Crippen molar-refractivity contribution in [1.82, 2.24) is 10.2 Å². The lowest BCUT2D eigenvalue weighted by molar-refractivity contribution is -0.139. The van der Waals surface area contributed by atoms with E-state index in [2.05, 4.69) is 5.32 Å². The molecule has 10 heteroatoms. The summed E-state index contributed by atoms with van der Waals surface area (Å²) in [6, 6.07) is 20.8. The van der Waals surface area contributed by atoms with E-state index in [1.807, 2.05) is 13.0 Å². The Labute approximate surface area is 247 Å². The standard InChI is InChI=1S/C31H36ClN3O5S/c1-3-40-28-18-16-27(17-19-28)35(41(38,39)29-14-5-4-6-15-29)22-30(36)34(21-24-10-9-11-25(32)20-24)23(2)31(37)33-26-12-7-8-13-26/h4-6,9-11,14-20,23,26H,3,7-8,12-13,21-22H2,1-2H3,(H,33,37)/t23-/m0/s1. The Morgan fingerprint density at radius 3 is 2.32 bits per heavy atom. The van der Waals surface area contributed by atoms with E-state index in [1.165, 1.54) is 17.0 Å². The van der Waals surface area contributed by atoms with Crippen LogP contribution in [-0.2, 0) is 26.2 Å². The van der Waals surface area contributed by atoms with Gasteiger partial charge in [-0.25, -0.2) is 8.42 Å². The number of nitrogens with one attached hydrogen (secondary N) is 1. The van der Waals surface area contributed by atoms with Gasteiger partial charge in [-0.05, 0) is 80.8 Å². The second-order valence-electron chi connectivity index (χ2n) is 10.1. The minimum Gasteiger partial charge on any atom is -0.494 e. The summed E-state index contributed by atoms with van der Waals surface area (Å²) in [4.78, 5) is 28.8. The maximum atomic E-state index is 14.0. The molecule has 0 radical (unpaired) electrons. The average Bonchev–Trinajstić information content (AvgIpc) is 3.48. The van der Waals surface area contributed by atoms with Gasteiger partial charge in [0, 0.05) is 17.6 Å². The Balaban J connectivity index is 1.67. The number of ether oxygens (including phenoxy) is 1. The predicted molar refractivity (Wildman–Crippen MR) is 160 cm³/mol. The van der Waals surface area contributed by atoms with Gasteiger partial charge in [0.15, 0.2) is 0 Å². The van der Waals surface area contributed by atoms with E-state index in [9.17, 15) is 18.0 Å². The summed E-state index contributed by atoms with van der Waals surface area (Å²) in [5, 5.41) is 3.57. The number of sulfonamides is 1. The first kappa shape index (κ1) is 30.4. The third-order valence-electron chi connectivity index (χ3n) is 7.16. The topological polar surface area (TPSA) is 96.0 Å². The summed E-state index contributed by atoms with van der Waals surface area (Å²) in [5.74, 6) is -0.210. The third kappa shape index (κ3) is 7.80. The van der Waals surface area contributed by atoms with Crippen molar-refractivity contribution in [1.29, 1.82) is 0 Å². The molecule has 3 aromatic carbocycles. The molecule has 0 heterocycles. The maximum Gasteiger partial charge on any atom is 0.264 e. The average molecular weight is 598 g/mol. The van der Waals surface area contributed by atoms with Gasteiger partial charge >= 0.3 is 0 Å². The molecule has 1 fully saturated rings. The molecule has 0 spiro atoms. The summed E-state index contributed by atoms with van der Waals surface area (Å²) in [7, 11) is -4.13. The Bertz CT molecular complexity index is 1430. The van der Waals surface area contributed by atoms with Crippen LogP contribution < -0.4 is 14.4 Å². The van der Waals surface area contributed by atoms with Crippen LogP contribution in [0.5, 0.6) is 5.75 Å². The maximum absolute atomic E-state index is 14.0. The monoisotopic (exact) mass is 597 g/mol. The van der Waals surface area contributed by atoms with Gasteiger partial charge in [-0.15, -0.1) is 0 Å². The lowest BCUT2D eigenvalue weighted by Gasteiger charge is -2.32. The molecule has 0 unspecified atom stereocenters. The van der Waals surface area contributed by atoms with Crippen LogP contribution in [0.15, 0.2) is 83.8 Å². The van der Waals surface area contributed by atoms with Gasteiger partial charge in [-0.2, -0.15) is 0 Å². The van der Waals surface area contributed by atoms with E-state index in [0.29, 0.717) is 23.1 Å². The molecule has 8 nitrogen and oxygen atoms in total. The molecular weight excluding hydrogens is 562 g/mol. The molecule has 0 aliphatic heterocycles. The van der Waals surface area contributed by atoms with Crippen LogP contribution in [0.1, 0.15) is 45.1 Å². The van der Waals surface area contributed by atoms with Crippen LogP contribution in [0.2, 0.25) is 5.02 Å². The van der Waals surface area contributed by atoms with Gasteiger partial charge in [-0.3, -0.25) is 13.9 Å². The molecule has 1 atom stereocenters. The summed E-state index contributed by atoms with van der Waals surface area (Å²) in [6.07, 6.45) is 3.92. The Hall–Kier alpha value is -3.56. The largest absolute Gasteiger partial charge is 0.494 e. The fourth-order valence-corrected chi connectivity index (χ4v) is 6.58. The van der Waals surface area contributed by atoms with Crippen LogP contribution in [0.25, 0.3) is 0 Å². The smallest absolute Gasteiger partial charge is 0.264 e. The lowest BCUT2D eigenvalue weighted by atomic mass is 10.1. The third-order valence-corrected chi connectivity index (χ3v) is 9.18. The molecule has 3 aromatic rings. The number of amides is 2. The highest BCUT2D eigenvalue weighted by Gasteiger charge is 2.33. The fourth-order valence-electron chi connectivity index (χ4n) is 4.93. The first-order valence-electron chi connectivity index (χ1n) is 13.8. The predicted octanol–water partition coefficient (Wildman–Crippen LogP) is 5.41. The van der Waals surface area contributed by atoms with Crippen molar-refractivity contribution in [3.63, 3.8) is 0 Å². The van der Waals surface area contributed by atoms with E-state index in [4.69, 9.17) is 16.3 Å². The van der Waals surface area contributed by atoms with Gasteiger partial charge in [-0.1, -0.05) is 54.8 Å². The molecular formula is C31H36ClN3O5S. The van der Waals surface area contributed by atoms with Crippen molar-refractivity contribution < 1.29 is 22.7 Å². The number of rotatable bonds is 12. The highest BCUT2D eigenvalue weighted by atomic mass is 35.5. The van der Waals surface area contributed by atoms with Crippen LogP contribution in [0, 0.1) is 0 Å². The van der Waals surface area contributed by atoms with Crippen molar-refractivity contribution in [3.8, 4) is 5.75 Å². The number of hydrogen-bond acceptors (Lipinski definition) is 5. The number of hydrogen-bond donors (Lipinski definition) is 1. The van der Waals surface area contributed by atoms with E-state index >= 15 is 0 Å². The van der Waals surface area contributed by atoms with E-state index < -0.39 is 28.5 Å². The first-order chi connectivity index (χ1) is 19.7. The molecule has 1 aliphatic carbocycles. The summed E-state index contributed by atoms with van der Waals surface area (Å²) in [5.41, 5.74) is 1.03. The zero-order valence-electron chi connectivity index (χ0n) is 23.3. The summed E-state index contributed by atoms with van der Waals surface area (Å²) < 4.78 is 34.3. The SMILES string of the molecule is CCOc1ccc(N(CC(=O)N(Cc2cccc(Cl)c2)[C@@H](C)C(=O)NC2CCCC2)S(=O)(=O)c2ccccc2)cc1. The number of nitrogens with zero attached hydrogens (tertiary/aromatic N) is 2. The number of anilines is 1. The minimum atomic E-state index is -4.13. The Morgan fingerprint density at radius 1 is 1.00 bits per heavy atom. The van der Waals surface area contributed by atoms with Crippen molar-refractivity contribution >= 4 is 39.1 Å². The van der Waals surface area contributed by atoms with Crippen molar-refractivity contribution in [2.24, 2.45) is 0 Å². The van der Waals surface area contributed by atoms with Gasteiger partial charge in [0.2, 0.25) is 11.8 Å². The molecule has 0 aromatic heterocycles. The molecule has 0 bridgehead atoms. The molecule has 1 aliphatic rings. The Kier molecular flexibility index (Phi) is 10.3. The van der Waals surface area contributed by atoms with Crippen molar-refractivity contribution in [2.75, 3.05) is 17.5 Å². The van der Waals surface area contributed by atoms with Crippen LogP contribution >= 0.6 is 11.6 Å². The van der Waals surface area contributed by atoms with E-state index in [1.54, 1.807) is 67.6 Å². The number of halogens is 1. The zero-order valence-corrected chi connectivity index (χ0v) is 24.9. The Morgan fingerprint density at radius 2 is 1.68 bits per heavy atom.